The maximum absolute atomic E-state index is 11.6. The number of esters is 3. The van der Waals surface area contributed by atoms with Crippen LogP contribution in [0, 0.1) is 0 Å². The first-order valence-corrected chi connectivity index (χ1v) is 11.4. The fraction of sp³-hybridized carbons (Fsp3) is 0.850. The van der Waals surface area contributed by atoms with Crippen molar-refractivity contribution in [2.75, 3.05) is 13.2 Å². The minimum Gasteiger partial charge on any atom is -0.463 e. The van der Waals surface area contributed by atoms with Gasteiger partial charge < -0.3 is 23.7 Å². The molecular formula is C20H33IO8. The van der Waals surface area contributed by atoms with E-state index in [1.165, 1.54) is 40.0 Å². The lowest BCUT2D eigenvalue weighted by molar-refractivity contribution is -0.260. The number of hydrogen-bond donors (Lipinski definition) is 0. The number of hydrogen-bond acceptors (Lipinski definition) is 8. The Labute approximate surface area is 186 Å². The van der Waals surface area contributed by atoms with E-state index < -0.39 is 46.4 Å². The quantitative estimate of drug-likeness (QED) is 0.125. The fourth-order valence-electron chi connectivity index (χ4n) is 3.08. The molecule has 5 atom stereocenters. The second-order valence-electron chi connectivity index (χ2n) is 7.08. The van der Waals surface area contributed by atoms with Gasteiger partial charge in [0.05, 0.1) is 0 Å². The van der Waals surface area contributed by atoms with Gasteiger partial charge in [-0.2, -0.15) is 0 Å². The van der Waals surface area contributed by atoms with Gasteiger partial charge in [0.15, 0.2) is 18.5 Å². The van der Waals surface area contributed by atoms with Crippen LogP contribution in [0.4, 0.5) is 0 Å². The normalized spacial score (nSPS) is 26.6. The number of unbranched alkanes of at least 4 members (excludes halogenated alkanes) is 5. The van der Waals surface area contributed by atoms with E-state index >= 15 is 0 Å². The van der Waals surface area contributed by atoms with E-state index in [-0.39, 0.29) is 6.61 Å². The lowest BCUT2D eigenvalue weighted by Crippen LogP contribution is -2.60. The molecule has 0 N–H and O–H groups in total. The molecule has 168 valence electrons. The summed E-state index contributed by atoms with van der Waals surface area (Å²) in [5.74, 6) is -1.53. The highest BCUT2D eigenvalue weighted by atomic mass is 127. The molecule has 0 unspecified atom stereocenters. The molecule has 0 radical (unpaired) electrons. The first-order chi connectivity index (χ1) is 13.8. The highest BCUT2D eigenvalue weighted by Crippen LogP contribution is 2.32. The van der Waals surface area contributed by atoms with E-state index in [0.29, 0.717) is 6.61 Å². The summed E-state index contributed by atoms with van der Waals surface area (Å²) in [4.78, 5) is 34.4. The second kappa shape index (κ2) is 14.1. The summed E-state index contributed by atoms with van der Waals surface area (Å²) >= 11 is 2.08. The van der Waals surface area contributed by atoms with Crippen LogP contribution in [-0.2, 0) is 38.1 Å². The zero-order chi connectivity index (χ0) is 21.8. The number of ether oxygens (including phenoxy) is 5. The molecule has 29 heavy (non-hydrogen) atoms. The van der Waals surface area contributed by atoms with Gasteiger partial charge in [-0.15, -0.1) is 0 Å². The molecule has 8 nitrogen and oxygen atoms in total. The number of carbonyl (C=O) groups excluding carboxylic acids is 3. The molecule has 0 aromatic heterocycles. The Morgan fingerprint density at radius 1 is 0.862 bits per heavy atom. The highest BCUT2D eigenvalue weighted by Gasteiger charge is 2.49. The van der Waals surface area contributed by atoms with Crippen molar-refractivity contribution in [1.29, 1.82) is 0 Å². The molecule has 0 aromatic rings. The Bertz CT molecular complexity index is 527. The third-order valence-corrected chi connectivity index (χ3v) is 5.70. The lowest BCUT2D eigenvalue weighted by Gasteiger charge is -2.43. The molecule has 1 saturated heterocycles. The van der Waals surface area contributed by atoms with Crippen molar-refractivity contribution in [3.05, 3.63) is 0 Å². The largest absolute Gasteiger partial charge is 0.463 e. The molecule has 0 spiro atoms. The van der Waals surface area contributed by atoms with Crippen molar-refractivity contribution in [2.45, 2.75) is 94.7 Å². The van der Waals surface area contributed by atoms with Crippen LogP contribution in [0.25, 0.3) is 0 Å². The van der Waals surface area contributed by atoms with Crippen LogP contribution in [-0.4, -0.2) is 59.6 Å². The van der Waals surface area contributed by atoms with E-state index in [2.05, 4.69) is 29.5 Å². The van der Waals surface area contributed by atoms with E-state index in [1.54, 1.807) is 0 Å². The van der Waals surface area contributed by atoms with Gasteiger partial charge in [-0.1, -0.05) is 61.6 Å². The Kier molecular flexibility index (Phi) is 12.7. The third kappa shape index (κ3) is 10.1. The minimum absolute atomic E-state index is 0.134. The minimum atomic E-state index is -0.897. The van der Waals surface area contributed by atoms with Crippen molar-refractivity contribution in [3.63, 3.8) is 0 Å². The average Bonchev–Trinajstić information content (AvgIpc) is 2.63. The van der Waals surface area contributed by atoms with Gasteiger partial charge in [0, 0.05) is 27.4 Å². The molecule has 0 saturated carbocycles. The van der Waals surface area contributed by atoms with Crippen molar-refractivity contribution in [2.24, 2.45) is 0 Å². The Morgan fingerprint density at radius 3 is 2.03 bits per heavy atom. The number of rotatable bonds is 12. The van der Waals surface area contributed by atoms with Crippen LogP contribution < -0.4 is 0 Å². The van der Waals surface area contributed by atoms with E-state index in [9.17, 15) is 14.4 Å². The van der Waals surface area contributed by atoms with Crippen molar-refractivity contribution >= 4 is 40.5 Å². The SMILES string of the molecule is CCCCCCCCO[C@H]1O[C@H](COC(C)=O)[C@@H](OC(C)=O)[C@H](OC(C)=O)[C@@H]1I. The lowest BCUT2D eigenvalue weighted by atomic mass is 10.0. The summed E-state index contributed by atoms with van der Waals surface area (Å²) in [6.07, 6.45) is 3.63. The standard InChI is InChI=1S/C20H33IO8/c1-5-6-7-8-9-10-11-25-20-17(21)19(28-15(4)24)18(27-14(3)23)16(29-20)12-26-13(2)22/h16-20H,5-12H2,1-4H3/t16-,17+,18-,19-,20+/m1/s1. The van der Waals surface area contributed by atoms with E-state index in [1.807, 2.05) is 0 Å². The van der Waals surface area contributed by atoms with Crippen molar-refractivity contribution in [1.82, 2.24) is 0 Å². The molecule has 1 aliphatic rings. The molecular weight excluding hydrogens is 495 g/mol. The summed E-state index contributed by atoms with van der Waals surface area (Å²) in [6, 6.07) is 0. The summed E-state index contributed by atoms with van der Waals surface area (Å²) in [5, 5.41) is 0. The summed E-state index contributed by atoms with van der Waals surface area (Å²) in [6.45, 7) is 6.38. The third-order valence-electron chi connectivity index (χ3n) is 4.41. The summed E-state index contributed by atoms with van der Waals surface area (Å²) < 4.78 is 27.3. The number of alkyl halides is 1. The molecule has 1 rings (SSSR count). The summed E-state index contributed by atoms with van der Waals surface area (Å²) in [7, 11) is 0. The zero-order valence-corrected chi connectivity index (χ0v) is 19.8. The van der Waals surface area contributed by atoms with Gasteiger partial charge in [-0.25, -0.2) is 0 Å². The average molecular weight is 528 g/mol. The second-order valence-corrected chi connectivity index (χ2v) is 8.51. The molecule has 0 bridgehead atoms. The van der Waals surface area contributed by atoms with Gasteiger partial charge in [-0.05, 0) is 6.42 Å². The van der Waals surface area contributed by atoms with Gasteiger partial charge in [-0.3, -0.25) is 14.4 Å². The van der Waals surface area contributed by atoms with Gasteiger partial charge in [0.25, 0.3) is 0 Å². The maximum Gasteiger partial charge on any atom is 0.303 e. The number of carbonyl (C=O) groups is 3. The topological polar surface area (TPSA) is 97.4 Å². The van der Waals surface area contributed by atoms with Crippen LogP contribution in [0.15, 0.2) is 0 Å². The van der Waals surface area contributed by atoms with Crippen LogP contribution in [0.2, 0.25) is 0 Å². The molecule has 9 heteroatoms. The molecule has 0 amide bonds. The highest BCUT2D eigenvalue weighted by molar-refractivity contribution is 14.1. The van der Waals surface area contributed by atoms with Crippen LogP contribution in [0.3, 0.4) is 0 Å². The zero-order valence-electron chi connectivity index (χ0n) is 17.7. The van der Waals surface area contributed by atoms with E-state index in [4.69, 9.17) is 23.7 Å². The molecule has 0 aromatic carbocycles. The predicted molar refractivity (Wildman–Crippen MR) is 114 cm³/mol. The van der Waals surface area contributed by atoms with Crippen molar-refractivity contribution < 1.29 is 38.1 Å². The first kappa shape index (κ1) is 26.1. The van der Waals surface area contributed by atoms with Crippen LogP contribution in [0.1, 0.15) is 66.2 Å². The van der Waals surface area contributed by atoms with Gasteiger partial charge in [0.1, 0.15) is 16.6 Å². The van der Waals surface area contributed by atoms with Crippen molar-refractivity contribution in [3.8, 4) is 0 Å². The predicted octanol–water partition coefficient (Wildman–Crippen LogP) is 3.32. The molecule has 1 heterocycles. The monoisotopic (exact) mass is 528 g/mol. The molecule has 1 aliphatic heterocycles. The molecule has 1 fully saturated rings. The molecule has 0 aliphatic carbocycles. The summed E-state index contributed by atoms with van der Waals surface area (Å²) in [5.41, 5.74) is 0. The van der Waals surface area contributed by atoms with Gasteiger partial charge >= 0.3 is 17.9 Å². The van der Waals surface area contributed by atoms with E-state index in [0.717, 1.165) is 19.3 Å². The smallest absolute Gasteiger partial charge is 0.303 e. The fourth-order valence-corrected chi connectivity index (χ4v) is 4.01. The Balaban J connectivity index is 2.77. The Hall–Kier alpha value is -0.940. The van der Waals surface area contributed by atoms with Crippen LogP contribution in [0.5, 0.6) is 0 Å². The Morgan fingerprint density at radius 2 is 1.45 bits per heavy atom. The maximum atomic E-state index is 11.6. The van der Waals surface area contributed by atoms with Gasteiger partial charge in [0.2, 0.25) is 0 Å². The number of halogens is 1. The van der Waals surface area contributed by atoms with Crippen LogP contribution >= 0.6 is 22.6 Å². The first-order valence-electron chi connectivity index (χ1n) is 10.1.